The van der Waals surface area contributed by atoms with E-state index in [1.807, 2.05) is 36.0 Å². The summed E-state index contributed by atoms with van der Waals surface area (Å²) in [4.78, 5) is 8.66. The molecule has 0 bridgehead atoms. The topological polar surface area (TPSA) is 70.4 Å². The zero-order chi connectivity index (χ0) is 19.1. The number of aliphatic imine (C=N–C) groups is 1. The predicted octanol–water partition coefficient (Wildman–Crippen LogP) is 2.86. The van der Waals surface area contributed by atoms with Gasteiger partial charge < -0.3 is 15.2 Å². The first-order valence-corrected chi connectivity index (χ1v) is 10.3. The van der Waals surface area contributed by atoms with Crippen LogP contribution in [0.1, 0.15) is 35.4 Å². The monoisotopic (exact) mass is 515 g/mol. The second-order valence-corrected chi connectivity index (χ2v) is 7.69. The molecular weight excluding hydrogens is 485 g/mol. The molecule has 1 saturated heterocycles. The number of guanidine groups is 1. The maximum absolute atomic E-state index is 4.69. The lowest BCUT2D eigenvalue weighted by Crippen LogP contribution is -2.42. The van der Waals surface area contributed by atoms with E-state index in [9.17, 15) is 0 Å². The Bertz CT molecular complexity index is 750. The molecule has 2 N–H and O–H groups in total. The number of likely N-dealkylation sites (tertiary alicyclic amines) is 1. The molecular formula is C19H30IN7S. The van der Waals surface area contributed by atoms with Crippen LogP contribution in [0, 0.1) is 6.92 Å². The average molecular weight is 515 g/mol. The average Bonchev–Trinajstić information content (AvgIpc) is 3.43. The highest BCUT2D eigenvalue weighted by Crippen LogP contribution is 2.27. The van der Waals surface area contributed by atoms with Crippen LogP contribution in [0.5, 0.6) is 0 Å². The first-order chi connectivity index (χ1) is 13.2. The van der Waals surface area contributed by atoms with E-state index in [1.54, 1.807) is 0 Å². The number of thiophene rings is 1. The molecule has 2 aromatic heterocycles. The Morgan fingerprint density at radius 3 is 2.75 bits per heavy atom. The van der Waals surface area contributed by atoms with Crippen LogP contribution in [0.4, 0.5) is 0 Å². The van der Waals surface area contributed by atoms with Crippen LogP contribution in [0.3, 0.4) is 0 Å². The summed E-state index contributed by atoms with van der Waals surface area (Å²) >= 11 is 1.82. The lowest BCUT2D eigenvalue weighted by atomic mass is 10.2. The number of rotatable bonds is 8. The van der Waals surface area contributed by atoms with Gasteiger partial charge in [-0.15, -0.1) is 52.1 Å². The van der Waals surface area contributed by atoms with E-state index in [-0.39, 0.29) is 24.0 Å². The van der Waals surface area contributed by atoms with E-state index in [1.165, 1.54) is 17.7 Å². The standard InChI is InChI=1S/C19H29N7S.HI/c1-4-9-20-19(22-14-18-24-23-15(2)25(18)3)21-13-16(17-8-7-12-27-17)26-10-5-6-11-26;/h4,7-8,12,16H,1,5-6,9-11,13-14H2,2-3H3,(H2,20,21,22);1H. The minimum atomic E-state index is 0. The van der Waals surface area contributed by atoms with E-state index in [0.29, 0.717) is 19.1 Å². The lowest BCUT2D eigenvalue weighted by Gasteiger charge is -2.27. The summed E-state index contributed by atoms with van der Waals surface area (Å²) in [5.41, 5.74) is 0. The second-order valence-electron chi connectivity index (χ2n) is 6.71. The van der Waals surface area contributed by atoms with Crippen molar-refractivity contribution in [2.75, 3.05) is 26.2 Å². The predicted molar refractivity (Wildman–Crippen MR) is 126 cm³/mol. The Morgan fingerprint density at radius 2 is 2.14 bits per heavy atom. The first-order valence-electron chi connectivity index (χ1n) is 9.44. The van der Waals surface area contributed by atoms with Gasteiger partial charge in [-0.3, -0.25) is 4.90 Å². The molecule has 0 saturated carbocycles. The quantitative estimate of drug-likeness (QED) is 0.245. The van der Waals surface area contributed by atoms with Crippen molar-refractivity contribution in [3.05, 3.63) is 46.7 Å². The Kier molecular flexibility index (Phi) is 9.39. The molecule has 0 spiro atoms. The van der Waals surface area contributed by atoms with Gasteiger partial charge >= 0.3 is 0 Å². The molecule has 1 unspecified atom stereocenters. The molecule has 0 amide bonds. The van der Waals surface area contributed by atoms with E-state index >= 15 is 0 Å². The molecule has 154 valence electrons. The number of nitrogens with zero attached hydrogens (tertiary/aromatic N) is 5. The summed E-state index contributed by atoms with van der Waals surface area (Å²) in [7, 11) is 1.96. The van der Waals surface area contributed by atoms with E-state index in [0.717, 1.165) is 37.2 Å². The first kappa shape index (κ1) is 22.8. The zero-order valence-corrected chi connectivity index (χ0v) is 19.7. The maximum Gasteiger partial charge on any atom is 0.192 e. The fourth-order valence-corrected chi connectivity index (χ4v) is 4.08. The summed E-state index contributed by atoms with van der Waals surface area (Å²) in [6.07, 6.45) is 4.40. The van der Waals surface area contributed by atoms with Crippen molar-refractivity contribution in [2.24, 2.45) is 12.0 Å². The Hall–Kier alpha value is -1.46. The molecule has 3 rings (SSSR count). The minimum absolute atomic E-state index is 0. The third-order valence-corrected chi connectivity index (χ3v) is 5.86. The van der Waals surface area contributed by atoms with Crippen molar-refractivity contribution >= 4 is 41.3 Å². The second kappa shape index (κ2) is 11.5. The van der Waals surface area contributed by atoms with Crippen LogP contribution >= 0.6 is 35.3 Å². The molecule has 1 atom stereocenters. The molecule has 1 fully saturated rings. The van der Waals surface area contributed by atoms with Crippen molar-refractivity contribution in [1.82, 2.24) is 30.3 Å². The van der Waals surface area contributed by atoms with Gasteiger partial charge in [0, 0.05) is 25.0 Å². The van der Waals surface area contributed by atoms with Gasteiger partial charge in [0.15, 0.2) is 11.8 Å². The Balaban J connectivity index is 0.00000280. The van der Waals surface area contributed by atoms with Crippen LogP contribution < -0.4 is 10.6 Å². The molecule has 0 aromatic carbocycles. The van der Waals surface area contributed by atoms with Gasteiger partial charge in [-0.1, -0.05) is 12.1 Å². The van der Waals surface area contributed by atoms with Crippen molar-refractivity contribution in [3.8, 4) is 0 Å². The summed E-state index contributed by atoms with van der Waals surface area (Å²) < 4.78 is 1.97. The summed E-state index contributed by atoms with van der Waals surface area (Å²) in [6.45, 7) is 10.0. The number of hydrogen-bond donors (Lipinski definition) is 2. The highest BCUT2D eigenvalue weighted by Gasteiger charge is 2.24. The molecule has 2 aromatic rings. The van der Waals surface area contributed by atoms with Gasteiger partial charge in [-0.05, 0) is 44.3 Å². The van der Waals surface area contributed by atoms with Crippen molar-refractivity contribution in [1.29, 1.82) is 0 Å². The molecule has 3 heterocycles. The van der Waals surface area contributed by atoms with Crippen LogP contribution in [0.15, 0.2) is 35.2 Å². The number of aryl methyl sites for hydroxylation is 1. The summed E-state index contributed by atoms with van der Waals surface area (Å²) in [5.74, 6) is 2.51. The molecule has 7 nitrogen and oxygen atoms in total. The fraction of sp³-hybridized carbons (Fsp3) is 0.526. The number of nitrogens with one attached hydrogen (secondary N) is 2. The largest absolute Gasteiger partial charge is 0.354 e. The Morgan fingerprint density at radius 1 is 1.36 bits per heavy atom. The highest BCUT2D eigenvalue weighted by molar-refractivity contribution is 14.0. The van der Waals surface area contributed by atoms with E-state index in [4.69, 9.17) is 4.99 Å². The maximum atomic E-state index is 4.69. The van der Waals surface area contributed by atoms with E-state index in [2.05, 4.69) is 49.8 Å². The minimum Gasteiger partial charge on any atom is -0.354 e. The molecule has 0 radical (unpaired) electrons. The molecule has 1 aliphatic rings. The third kappa shape index (κ3) is 6.02. The van der Waals surface area contributed by atoms with Gasteiger partial charge in [-0.25, -0.2) is 4.99 Å². The van der Waals surface area contributed by atoms with Gasteiger partial charge in [0.25, 0.3) is 0 Å². The Labute approximate surface area is 188 Å². The number of halogens is 1. The molecule has 1 aliphatic heterocycles. The number of aromatic nitrogens is 3. The zero-order valence-electron chi connectivity index (χ0n) is 16.6. The third-order valence-electron chi connectivity index (χ3n) is 4.89. The normalized spacial score (nSPS) is 15.9. The van der Waals surface area contributed by atoms with Crippen LogP contribution in [-0.2, 0) is 13.6 Å². The molecule has 28 heavy (non-hydrogen) atoms. The smallest absolute Gasteiger partial charge is 0.192 e. The van der Waals surface area contributed by atoms with Gasteiger partial charge in [-0.2, -0.15) is 0 Å². The molecule has 9 heteroatoms. The summed E-state index contributed by atoms with van der Waals surface area (Å²) in [5, 5.41) is 17.3. The van der Waals surface area contributed by atoms with Crippen molar-refractivity contribution in [3.63, 3.8) is 0 Å². The number of hydrogen-bond acceptors (Lipinski definition) is 5. The van der Waals surface area contributed by atoms with Crippen LogP contribution in [0.2, 0.25) is 0 Å². The summed E-state index contributed by atoms with van der Waals surface area (Å²) in [6, 6.07) is 4.73. The van der Waals surface area contributed by atoms with E-state index < -0.39 is 0 Å². The molecule has 0 aliphatic carbocycles. The van der Waals surface area contributed by atoms with Crippen molar-refractivity contribution < 1.29 is 0 Å². The SMILES string of the molecule is C=CCNC(=NCc1nnc(C)n1C)NCC(c1cccs1)N1CCCC1.I. The van der Waals surface area contributed by atoms with Gasteiger partial charge in [0.1, 0.15) is 12.4 Å². The highest BCUT2D eigenvalue weighted by atomic mass is 127. The van der Waals surface area contributed by atoms with Crippen LogP contribution in [-0.4, -0.2) is 51.8 Å². The lowest BCUT2D eigenvalue weighted by molar-refractivity contribution is 0.249. The van der Waals surface area contributed by atoms with Crippen LogP contribution in [0.25, 0.3) is 0 Å². The van der Waals surface area contributed by atoms with Gasteiger partial charge in [0.2, 0.25) is 0 Å². The van der Waals surface area contributed by atoms with Gasteiger partial charge in [0.05, 0.1) is 6.04 Å². The van der Waals surface area contributed by atoms with Crippen molar-refractivity contribution in [2.45, 2.75) is 32.4 Å². The fourth-order valence-electron chi connectivity index (χ4n) is 3.22.